The van der Waals surface area contributed by atoms with Gasteiger partial charge in [0.1, 0.15) is 0 Å². The molecule has 1 saturated heterocycles. The van der Waals surface area contributed by atoms with Gasteiger partial charge in [0.05, 0.1) is 18.3 Å². The molecule has 1 N–H and O–H groups in total. The molecule has 5 heteroatoms. The Morgan fingerprint density at radius 1 is 1.63 bits per heavy atom. The van der Waals surface area contributed by atoms with E-state index in [0.717, 1.165) is 24.7 Å². The largest absolute Gasteiger partial charge is 0.383 e. The quantitative estimate of drug-likeness (QED) is 0.879. The van der Waals surface area contributed by atoms with Crippen LogP contribution in [0.4, 0.5) is 5.95 Å². The van der Waals surface area contributed by atoms with Gasteiger partial charge in [-0.3, -0.25) is 0 Å². The number of nitrogens with zero attached hydrogens (tertiary/aromatic N) is 3. The van der Waals surface area contributed by atoms with E-state index in [0.29, 0.717) is 18.7 Å². The van der Waals surface area contributed by atoms with E-state index in [9.17, 15) is 0 Å². The Hall–Kier alpha value is -1.07. The fraction of sp³-hybridized carbons (Fsp3) is 0.786. The summed E-state index contributed by atoms with van der Waals surface area (Å²) in [6.45, 7) is 7.10. The van der Waals surface area contributed by atoms with Crippen molar-refractivity contribution in [2.24, 2.45) is 0 Å². The van der Waals surface area contributed by atoms with Gasteiger partial charge in [-0.25, -0.2) is 4.98 Å². The van der Waals surface area contributed by atoms with E-state index in [-0.39, 0.29) is 0 Å². The smallest absolute Gasteiger partial charge is 0.206 e. The molecule has 0 aromatic carbocycles. The fourth-order valence-corrected chi connectivity index (χ4v) is 2.74. The molecule has 1 aliphatic heterocycles. The number of hydrogen-bond acceptors (Lipinski definition) is 4. The fourth-order valence-electron chi connectivity index (χ4n) is 2.74. The van der Waals surface area contributed by atoms with Crippen LogP contribution in [0.3, 0.4) is 0 Å². The molecule has 2 heterocycles. The van der Waals surface area contributed by atoms with Crippen LogP contribution in [0, 0.1) is 6.92 Å². The first-order valence-corrected chi connectivity index (χ1v) is 7.11. The van der Waals surface area contributed by atoms with Crippen LogP contribution in [0.5, 0.6) is 0 Å². The minimum absolute atomic E-state index is 0.306. The molecular weight excluding hydrogens is 240 g/mol. The van der Waals surface area contributed by atoms with Crippen LogP contribution in [0.1, 0.15) is 31.5 Å². The van der Waals surface area contributed by atoms with Gasteiger partial charge in [-0.2, -0.15) is 0 Å². The van der Waals surface area contributed by atoms with Crippen molar-refractivity contribution in [1.29, 1.82) is 0 Å². The van der Waals surface area contributed by atoms with Crippen LogP contribution >= 0.6 is 0 Å². The van der Waals surface area contributed by atoms with Crippen LogP contribution in [0.2, 0.25) is 0 Å². The van der Waals surface area contributed by atoms with Gasteiger partial charge in [-0.05, 0) is 33.2 Å². The summed E-state index contributed by atoms with van der Waals surface area (Å²) in [5.41, 5.74) is 1.06. The summed E-state index contributed by atoms with van der Waals surface area (Å²) in [4.78, 5) is 7.01. The molecule has 1 aromatic rings. The first kappa shape index (κ1) is 14.3. The second-order valence-electron chi connectivity index (χ2n) is 5.50. The molecule has 0 saturated carbocycles. The van der Waals surface area contributed by atoms with Crippen LogP contribution in [0.25, 0.3) is 0 Å². The van der Waals surface area contributed by atoms with Gasteiger partial charge in [-0.1, -0.05) is 0 Å². The maximum Gasteiger partial charge on any atom is 0.206 e. The van der Waals surface area contributed by atoms with Gasteiger partial charge in [0.15, 0.2) is 0 Å². The Balaban J connectivity index is 2.17. The number of aryl methyl sites for hydroxylation is 1. The molecule has 0 radical (unpaired) electrons. The molecular formula is C14H26N4O. The highest BCUT2D eigenvalue weighted by atomic mass is 16.5. The molecule has 19 heavy (non-hydrogen) atoms. The average molecular weight is 266 g/mol. The summed E-state index contributed by atoms with van der Waals surface area (Å²) >= 11 is 0. The Labute approximate surface area is 116 Å². The zero-order chi connectivity index (χ0) is 13.8. The van der Waals surface area contributed by atoms with Crippen LogP contribution in [-0.2, 0) is 4.74 Å². The maximum absolute atomic E-state index is 5.27. The molecule has 1 fully saturated rings. The SMILES string of the molecule is COCC(C)n1cc(C)nc1N(C)C1CCCNC1. The minimum Gasteiger partial charge on any atom is -0.383 e. The number of hydrogen-bond donors (Lipinski definition) is 1. The van der Waals surface area contributed by atoms with Crippen molar-refractivity contribution in [3.63, 3.8) is 0 Å². The minimum atomic E-state index is 0.306. The molecule has 2 unspecified atom stereocenters. The normalized spacial score (nSPS) is 21.4. The highest BCUT2D eigenvalue weighted by Gasteiger charge is 2.23. The monoisotopic (exact) mass is 266 g/mol. The number of nitrogens with one attached hydrogen (secondary N) is 1. The van der Waals surface area contributed by atoms with Crippen molar-refractivity contribution < 1.29 is 4.74 Å². The van der Waals surface area contributed by atoms with Crippen LogP contribution in [0.15, 0.2) is 6.20 Å². The molecule has 0 bridgehead atoms. The predicted octanol–water partition coefficient (Wildman–Crippen LogP) is 1.59. The first-order chi connectivity index (χ1) is 9.13. The van der Waals surface area contributed by atoms with Crippen molar-refractivity contribution in [1.82, 2.24) is 14.9 Å². The molecule has 2 rings (SSSR count). The van der Waals surface area contributed by atoms with E-state index < -0.39 is 0 Å². The molecule has 0 aliphatic carbocycles. The third-order valence-electron chi connectivity index (χ3n) is 3.85. The summed E-state index contributed by atoms with van der Waals surface area (Å²) in [5, 5.41) is 3.46. The number of likely N-dealkylation sites (N-methyl/N-ethyl adjacent to an activating group) is 1. The van der Waals surface area contributed by atoms with Gasteiger partial charge in [0, 0.05) is 32.9 Å². The summed E-state index contributed by atoms with van der Waals surface area (Å²) < 4.78 is 7.50. The third kappa shape index (κ3) is 3.28. The van der Waals surface area contributed by atoms with Crippen molar-refractivity contribution >= 4 is 5.95 Å². The van der Waals surface area contributed by atoms with Crippen molar-refractivity contribution in [3.8, 4) is 0 Å². The molecule has 0 amide bonds. The average Bonchev–Trinajstić information content (AvgIpc) is 2.81. The summed E-state index contributed by atoms with van der Waals surface area (Å²) in [5.74, 6) is 1.05. The lowest BCUT2D eigenvalue weighted by atomic mass is 10.1. The second-order valence-corrected chi connectivity index (χ2v) is 5.50. The van der Waals surface area contributed by atoms with Crippen molar-refractivity contribution in [2.75, 3.05) is 38.8 Å². The predicted molar refractivity (Wildman–Crippen MR) is 77.8 cm³/mol. The first-order valence-electron chi connectivity index (χ1n) is 7.11. The standard InChI is InChI=1S/C14H26N4O/c1-11-9-18(12(2)10-19-4)14(16-11)17(3)13-6-5-7-15-8-13/h9,12-13,15H,5-8,10H2,1-4H3. The zero-order valence-corrected chi connectivity index (χ0v) is 12.5. The third-order valence-corrected chi connectivity index (χ3v) is 3.85. The number of imidazole rings is 1. The molecule has 1 aromatic heterocycles. The molecule has 108 valence electrons. The number of piperidine rings is 1. The van der Waals surface area contributed by atoms with E-state index in [4.69, 9.17) is 9.72 Å². The van der Waals surface area contributed by atoms with Crippen LogP contribution in [-0.4, -0.2) is 49.4 Å². The Bertz CT molecular complexity index is 398. The lowest BCUT2D eigenvalue weighted by Gasteiger charge is -2.33. The number of rotatable bonds is 5. The summed E-state index contributed by atoms with van der Waals surface area (Å²) in [6.07, 6.45) is 4.59. The number of ether oxygens (including phenoxy) is 1. The molecule has 2 atom stereocenters. The van der Waals surface area contributed by atoms with E-state index in [1.54, 1.807) is 7.11 Å². The van der Waals surface area contributed by atoms with Gasteiger partial charge < -0.3 is 19.5 Å². The Kier molecular flexibility index (Phi) is 4.82. The Morgan fingerprint density at radius 2 is 2.42 bits per heavy atom. The summed E-state index contributed by atoms with van der Waals surface area (Å²) in [6, 6.07) is 0.837. The lowest BCUT2D eigenvalue weighted by Crippen LogP contribution is -2.45. The molecule has 0 spiro atoms. The highest BCUT2D eigenvalue weighted by Crippen LogP contribution is 2.22. The number of aromatic nitrogens is 2. The van der Waals surface area contributed by atoms with Crippen molar-refractivity contribution in [2.45, 2.75) is 38.8 Å². The van der Waals surface area contributed by atoms with Gasteiger partial charge in [0.2, 0.25) is 5.95 Å². The van der Waals surface area contributed by atoms with Gasteiger partial charge >= 0.3 is 0 Å². The number of anilines is 1. The second kappa shape index (κ2) is 6.39. The van der Waals surface area contributed by atoms with Crippen molar-refractivity contribution in [3.05, 3.63) is 11.9 Å². The maximum atomic E-state index is 5.27. The van der Waals surface area contributed by atoms with E-state index in [1.807, 2.05) is 6.92 Å². The van der Waals surface area contributed by atoms with Crippen LogP contribution < -0.4 is 10.2 Å². The topological polar surface area (TPSA) is 42.3 Å². The number of methoxy groups -OCH3 is 1. The summed E-state index contributed by atoms with van der Waals surface area (Å²) in [7, 11) is 3.89. The van der Waals surface area contributed by atoms with Gasteiger partial charge in [0.25, 0.3) is 0 Å². The molecule has 5 nitrogen and oxygen atoms in total. The van der Waals surface area contributed by atoms with E-state index in [1.165, 1.54) is 12.8 Å². The zero-order valence-electron chi connectivity index (χ0n) is 12.5. The van der Waals surface area contributed by atoms with E-state index >= 15 is 0 Å². The van der Waals surface area contributed by atoms with E-state index in [2.05, 4.69) is 35.0 Å². The Morgan fingerprint density at radius 3 is 3.05 bits per heavy atom. The molecule has 1 aliphatic rings. The lowest BCUT2D eigenvalue weighted by molar-refractivity contribution is 0.162. The van der Waals surface area contributed by atoms with Gasteiger partial charge in [-0.15, -0.1) is 0 Å². The highest BCUT2D eigenvalue weighted by molar-refractivity contribution is 5.35.